The predicted molar refractivity (Wildman–Crippen MR) is 87.3 cm³/mol. The van der Waals surface area contributed by atoms with E-state index in [-0.39, 0.29) is 0 Å². The van der Waals surface area contributed by atoms with E-state index in [9.17, 15) is 0 Å². The molecule has 20 heavy (non-hydrogen) atoms. The largest absolute Gasteiger partial charge is 0.313 e. The van der Waals surface area contributed by atoms with Gasteiger partial charge in [0.1, 0.15) is 0 Å². The zero-order valence-electron chi connectivity index (χ0n) is 12.8. The average Bonchev–Trinajstić information content (AvgIpc) is 3.16. The van der Waals surface area contributed by atoms with Crippen molar-refractivity contribution in [3.05, 3.63) is 22.4 Å². The van der Waals surface area contributed by atoms with Gasteiger partial charge in [-0.25, -0.2) is 0 Å². The molecule has 0 radical (unpaired) electrons. The number of hydrogen-bond donors (Lipinski definition) is 1. The van der Waals surface area contributed by atoms with Gasteiger partial charge in [0.2, 0.25) is 0 Å². The second kappa shape index (κ2) is 6.59. The first-order valence-electron chi connectivity index (χ1n) is 8.28. The Morgan fingerprint density at radius 3 is 2.70 bits per heavy atom. The first-order chi connectivity index (χ1) is 9.75. The summed E-state index contributed by atoms with van der Waals surface area (Å²) >= 11 is 1.93. The van der Waals surface area contributed by atoms with Crippen LogP contribution in [0, 0.1) is 5.92 Å². The average molecular weight is 292 g/mol. The monoisotopic (exact) mass is 292 g/mol. The molecule has 0 amide bonds. The van der Waals surface area contributed by atoms with Crippen molar-refractivity contribution in [3.8, 4) is 0 Å². The fourth-order valence-electron chi connectivity index (χ4n) is 3.56. The van der Waals surface area contributed by atoms with Gasteiger partial charge in [-0.1, -0.05) is 26.3 Å². The van der Waals surface area contributed by atoms with Gasteiger partial charge in [0.05, 0.1) is 0 Å². The van der Waals surface area contributed by atoms with Gasteiger partial charge in [-0.15, -0.1) is 11.3 Å². The van der Waals surface area contributed by atoms with Crippen LogP contribution in [0.5, 0.6) is 0 Å². The van der Waals surface area contributed by atoms with Crippen LogP contribution < -0.4 is 5.32 Å². The Morgan fingerprint density at radius 1 is 1.30 bits per heavy atom. The molecule has 2 aliphatic rings. The summed E-state index contributed by atoms with van der Waals surface area (Å²) in [5.41, 5.74) is 0. The lowest BCUT2D eigenvalue weighted by atomic mass is 9.98. The maximum absolute atomic E-state index is 3.73. The van der Waals surface area contributed by atoms with E-state index in [2.05, 4.69) is 41.6 Å². The van der Waals surface area contributed by atoms with Gasteiger partial charge in [-0.2, -0.15) is 0 Å². The smallest absolute Gasteiger partial charge is 0.0467 e. The molecule has 0 aromatic carbocycles. The van der Waals surface area contributed by atoms with Gasteiger partial charge in [0, 0.05) is 29.5 Å². The van der Waals surface area contributed by atoms with Crippen molar-refractivity contribution in [2.24, 2.45) is 5.92 Å². The van der Waals surface area contributed by atoms with Gasteiger partial charge in [-0.05, 0) is 49.6 Å². The van der Waals surface area contributed by atoms with E-state index in [1.165, 1.54) is 45.2 Å². The van der Waals surface area contributed by atoms with Gasteiger partial charge in [0.15, 0.2) is 0 Å². The molecule has 2 heterocycles. The van der Waals surface area contributed by atoms with Crippen molar-refractivity contribution in [3.63, 3.8) is 0 Å². The number of piperidine rings is 1. The second-order valence-corrected chi connectivity index (χ2v) is 7.76. The van der Waals surface area contributed by atoms with Crippen LogP contribution in [0.1, 0.15) is 56.9 Å². The molecule has 1 aliphatic carbocycles. The summed E-state index contributed by atoms with van der Waals surface area (Å²) in [7, 11) is 0. The molecule has 1 saturated heterocycles. The van der Waals surface area contributed by atoms with E-state index >= 15 is 0 Å². The first-order valence-corrected chi connectivity index (χ1v) is 9.16. The van der Waals surface area contributed by atoms with E-state index in [0.717, 1.165) is 6.04 Å². The van der Waals surface area contributed by atoms with Crippen LogP contribution in [-0.2, 0) is 0 Å². The van der Waals surface area contributed by atoms with E-state index in [4.69, 9.17) is 0 Å². The normalized spacial score (nSPS) is 25.3. The third kappa shape index (κ3) is 3.44. The van der Waals surface area contributed by atoms with E-state index < -0.39 is 0 Å². The van der Waals surface area contributed by atoms with E-state index in [1.807, 2.05) is 11.3 Å². The van der Waals surface area contributed by atoms with E-state index in [0.29, 0.717) is 18.0 Å². The zero-order valence-corrected chi connectivity index (χ0v) is 13.7. The summed E-state index contributed by atoms with van der Waals surface area (Å²) in [6, 6.07) is 6.71. The molecule has 1 saturated carbocycles. The minimum atomic E-state index is 0.617. The van der Waals surface area contributed by atoms with Crippen LogP contribution in [0.25, 0.3) is 0 Å². The molecule has 1 aliphatic heterocycles. The zero-order chi connectivity index (χ0) is 13.9. The fourth-order valence-corrected chi connectivity index (χ4v) is 4.58. The third-order valence-electron chi connectivity index (χ3n) is 4.68. The molecule has 0 spiro atoms. The maximum Gasteiger partial charge on any atom is 0.0467 e. The highest BCUT2D eigenvalue weighted by atomic mass is 32.1. The lowest BCUT2D eigenvalue weighted by Gasteiger charge is -2.38. The lowest BCUT2D eigenvalue weighted by Crippen LogP contribution is -2.46. The number of rotatable bonds is 6. The molecule has 112 valence electrons. The summed E-state index contributed by atoms with van der Waals surface area (Å²) in [4.78, 5) is 4.38. The van der Waals surface area contributed by atoms with Crippen molar-refractivity contribution in [1.82, 2.24) is 10.2 Å². The molecule has 2 nitrogen and oxygen atoms in total. The first kappa shape index (κ1) is 14.6. The van der Waals surface area contributed by atoms with Crippen LogP contribution in [0.15, 0.2) is 17.5 Å². The van der Waals surface area contributed by atoms with Gasteiger partial charge >= 0.3 is 0 Å². The molecular weight excluding hydrogens is 264 g/mol. The van der Waals surface area contributed by atoms with Gasteiger partial charge in [0.25, 0.3) is 0 Å². The van der Waals surface area contributed by atoms with Crippen molar-refractivity contribution >= 4 is 11.3 Å². The maximum atomic E-state index is 3.73. The molecule has 1 aromatic rings. The van der Waals surface area contributed by atoms with Crippen molar-refractivity contribution < 1.29 is 0 Å². The van der Waals surface area contributed by atoms with Crippen LogP contribution >= 0.6 is 11.3 Å². The standard InChI is InChI=1S/C17H28N2S/c1-13(2)17(16-7-5-11-20-16)19(15-8-9-15)12-14-6-3-4-10-18-14/h5,7,11,13-15,17-18H,3-4,6,8-10,12H2,1-2H3. The van der Waals surface area contributed by atoms with Crippen LogP contribution in [-0.4, -0.2) is 30.1 Å². The highest BCUT2D eigenvalue weighted by Gasteiger charge is 2.37. The highest BCUT2D eigenvalue weighted by Crippen LogP contribution is 2.40. The van der Waals surface area contributed by atoms with Crippen molar-refractivity contribution in [2.45, 2.75) is 64.1 Å². The Bertz CT molecular complexity index is 391. The predicted octanol–water partition coefficient (Wildman–Crippen LogP) is 4.05. The summed E-state index contributed by atoms with van der Waals surface area (Å²) in [6.45, 7) is 7.22. The van der Waals surface area contributed by atoms with Crippen LogP contribution in [0.3, 0.4) is 0 Å². The second-order valence-electron chi connectivity index (χ2n) is 6.78. The Kier molecular flexibility index (Phi) is 4.79. The van der Waals surface area contributed by atoms with Crippen molar-refractivity contribution in [1.29, 1.82) is 0 Å². The summed E-state index contributed by atoms with van der Waals surface area (Å²) in [5.74, 6) is 0.692. The molecule has 1 aromatic heterocycles. The van der Waals surface area contributed by atoms with Gasteiger partial charge in [-0.3, -0.25) is 4.90 Å². The van der Waals surface area contributed by atoms with E-state index in [1.54, 1.807) is 4.88 Å². The Morgan fingerprint density at radius 2 is 2.15 bits per heavy atom. The molecule has 2 fully saturated rings. The number of nitrogens with one attached hydrogen (secondary N) is 1. The Labute approximate surface area is 127 Å². The third-order valence-corrected chi connectivity index (χ3v) is 5.63. The number of hydrogen-bond acceptors (Lipinski definition) is 3. The molecule has 2 unspecified atom stereocenters. The number of thiophene rings is 1. The quantitative estimate of drug-likeness (QED) is 0.851. The minimum absolute atomic E-state index is 0.617. The Balaban J connectivity index is 1.73. The van der Waals surface area contributed by atoms with Crippen LogP contribution in [0.4, 0.5) is 0 Å². The van der Waals surface area contributed by atoms with Crippen molar-refractivity contribution in [2.75, 3.05) is 13.1 Å². The SMILES string of the molecule is CC(C)C(c1cccs1)N(CC1CCCCN1)C1CC1. The minimum Gasteiger partial charge on any atom is -0.313 e. The fraction of sp³-hybridized carbons (Fsp3) is 0.765. The summed E-state index contributed by atoms with van der Waals surface area (Å²) < 4.78 is 0. The number of nitrogens with zero attached hydrogens (tertiary/aromatic N) is 1. The Hall–Kier alpha value is -0.380. The van der Waals surface area contributed by atoms with Gasteiger partial charge < -0.3 is 5.32 Å². The van der Waals surface area contributed by atoms with Crippen LogP contribution in [0.2, 0.25) is 0 Å². The lowest BCUT2D eigenvalue weighted by molar-refractivity contribution is 0.126. The molecule has 3 rings (SSSR count). The highest BCUT2D eigenvalue weighted by molar-refractivity contribution is 7.10. The molecule has 2 atom stereocenters. The summed E-state index contributed by atoms with van der Waals surface area (Å²) in [5, 5.41) is 5.96. The molecular formula is C17H28N2S. The topological polar surface area (TPSA) is 15.3 Å². The molecule has 3 heteroatoms. The molecule has 1 N–H and O–H groups in total. The molecule has 0 bridgehead atoms. The summed E-state index contributed by atoms with van der Waals surface area (Å²) in [6.07, 6.45) is 6.93.